The highest BCUT2D eigenvalue weighted by molar-refractivity contribution is 5.38. The van der Waals surface area contributed by atoms with Gasteiger partial charge in [-0.2, -0.15) is 14.0 Å². The summed E-state index contributed by atoms with van der Waals surface area (Å²) in [5.74, 6) is -2.10. The molecule has 0 aliphatic heterocycles. The second kappa shape index (κ2) is 10.00. The van der Waals surface area contributed by atoms with Gasteiger partial charge < -0.3 is 4.74 Å². The molecule has 0 saturated heterocycles. The lowest BCUT2D eigenvalue weighted by Gasteiger charge is -2.29. The van der Waals surface area contributed by atoms with Gasteiger partial charge in [-0.25, -0.2) is 8.78 Å². The van der Waals surface area contributed by atoms with Gasteiger partial charge in [-0.15, -0.1) is 6.58 Å². The fourth-order valence-corrected chi connectivity index (χ4v) is 4.21. The molecule has 1 aliphatic rings. The summed E-state index contributed by atoms with van der Waals surface area (Å²) < 4.78 is 60.9. The van der Waals surface area contributed by atoms with Crippen molar-refractivity contribution >= 4 is 0 Å². The van der Waals surface area contributed by atoms with E-state index in [0.29, 0.717) is 18.1 Å². The van der Waals surface area contributed by atoms with Crippen LogP contribution in [-0.4, -0.2) is 0 Å². The molecule has 31 heavy (non-hydrogen) atoms. The van der Waals surface area contributed by atoms with Crippen LogP contribution in [-0.2, 0) is 6.11 Å². The Kier molecular flexibility index (Phi) is 7.37. The van der Waals surface area contributed by atoms with Crippen LogP contribution in [0, 0.1) is 28.9 Å². The zero-order chi connectivity index (χ0) is 22.4. The molecule has 0 amide bonds. The number of allylic oxidation sites excluding steroid dienone is 1. The molecule has 0 N–H and O–H groups in total. The molecular formula is C25H25F4NO. The van der Waals surface area contributed by atoms with Crippen LogP contribution in [0.2, 0.25) is 0 Å². The molecular weight excluding hydrogens is 406 g/mol. The fraction of sp³-hybridized carbons (Fsp3) is 0.400. The zero-order valence-electron chi connectivity index (χ0n) is 17.2. The largest absolute Gasteiger partial charge is 0.429 e. The van der Waals surface area contributed by atoms with E-state index in [4.69, 9.17) is 5.26 Å². The number of ether oxygens (including phenoxy) is 1. The van der Waals surface area contributed by atoms with E-state index in [-0.39, 0.29) is 0 Å². The predicted molar refractivity (Wildman–Crippen MR) is 111 cm³/mol. The van der Waals surface area contributed by atoms with E-state index < -0.39 is 34.6 Å². The van der Waals surface area contributed by atoms with Crippen molar-refractivity contribution in [2.24, 2.45) is 5.92 Å². The lowest BCUT2D eigenvalue weighted by Crippen LogP contribution is -2.22. The van der Waals surface area contributed by atoms with E-state index >= 15 is 0 Å². The van der Waals surface area contributed by atoms with Crippen LogP contribution in [0.4, 0.5) is 17.6 Å². The Morgan fingerprint density at radius 2 is 1.68 bits per heavy atom. The van der Waals surface area contributed by atoms with Gasteiger partial charge in [-0.3, -0.25) is 0 Å². The average Bonchev–Trinajstić information content (AvgIpc) is 2.74. The number of hydrogen-bond donors (Lipinski definition) is 0. The van der Waals surface area contributed by atoms with Gasteiger partial charge in [0.15, 0.2) is 0 Å². The van der Waals surface area contributed by atoms with Gasteiger partial charge in [0.25, 0.3) is 0 Å². The van der Waals surface area contributed by atoms with Crippen LogP contribution in [0.5, 0.6) is 5.75 Å². The minimum atomic E-state index is -3.77. The van der Waals surface area contributed by atoms with Gasteiger partial charge in [0.2, 0.25) is 0 Å². The third-order valence-electron chi connectivity index (χ3n) is 5.96. The lowest BCUT2D eigenvalue weighted by atomic mass is 9.77. The summed E-state index contributed by atoms with van der Waals surface area (Å²) in [6, 6.07) is 8.44. The number of hydrogen-bond acceptors (Lipinski definition) is 2. The molecule has 6 heteroatoms. The lowest BCUT2D eigenvalue weighted by molar-refractivity contribution is -0.185. The first-order chi connectivity index (χ1) is 14.8. The van der Waals surface area contributed by atoms with Gasteiger partial charge in [0.1, 0.15) is 29.0 Å². The first-order valence-corrected chi connectivity index (χ1v) is 10.5. The molecule has 3 rings (SSSR count). The normalized spacial score (nSPS) is 18.9. The Morgan fingerprint density at radius 3 is 2.23 bits per heavy atom. The minimum absolute atomic E-state index is 0.348. The molecule has 1 aliphatic carbocycles. The highest BCUT2D eigenvalue weighted by Gasteiger charge is 2.35. The van der Waals surface area contributed by atoms with Crippen LogP contribution >= 0.6 is 0 Å². The third-order valence-corrected chi connectivity index (χ3v) is 5.96. The van der Waals surface area contributed by atoms with Gasteiger partial charge in [-0.1, -0.05) is 24.6 Å². The predicted octanol–water partition coefficient (Wildman–Crippen LogP) is 7.59. The summed E-state index contributed by atoms with van der Waals surface area (Å²) in [6.07, 6.45) is 5.93. The Morgan fingerprint density at radius 1 is 1.06 bits per heavy atom. The van der Waals surface area contributed by atoms with E-state index in [1.54, 1.807) is 12.1 Å². The molecule has 1 saturated carbocycles. The maximum atomic E-state index is 14.5. The number of unbranched alkanes of at least 4 members (excludes halogenated alkanes) is 1. The van der Waals surface area contributed by atoms with Crippen LogP contribution in [0.25, 0.3) is 0 Å². The smallest absolute Gasteiger partial charge is 0.426 e. The standard InChI is InChI=1S/C25H25F4NO/c1-2-3-4-5-17-6-8-18(9-7-17)19-10-12-20(13-11-19)25(28,29)31-21-14-23(26)22(16-30)24(27)15-21/h2,10-15,17-18H,1,3-9H2/t17-,18-. The molecule has 0 aromatic heterocycles. The molecule has 1 fully saturated rings. The van der Waals surface area contributed by atoms with Crippen LogP contribution in [0.1, 0.15) is 67.6 Å². The number of nitriles is 1. The Hall–Kier alpha value is -2.81. The van der Waals surface area contributed by atoms with Gasteiger partial charge in [0, 0.05) is 12.1 Å². The van der Waals surface area contributed by atoms with Crippen molar-refractivity contribution in [3.8, 4) is 11.8 Å². The Labute approximate surface area is 180 Å². The van der Waals surface area contributed by atoms with Crippen LogP contribution in [0.3, 0.4) is 0 Å². The van der Waals surface area contributed by atoms with Crippen molar-refractivity contribution in [3.05, 3.63) is 77.4 Å². The molecule has 2 aromatic rings. The highest BCUT2D eigenvalue weighted by Crippen LogP contribution is 2.39. The van der Waals surface area contributed by atoms with Crippen molar-refractivity contribution < 1.29 is 22.3 Å². The van der Waals surface area contributed by atoms with E-state index in [0.717, 1.165) is 50.0 Å². The highest BCUT2D eigenvalue weighted by atomic mass is 19.3. The number of benzene rings is 2. The first kappa shape index (κ1) is 22.9. The summed E-state index contributed by atoms with van der Waals surface area (Å²) in [7, 11) is 0. The Bertz CT molecular complexity index is 918. The number of rotatable bonds is 8. The summed E-state index contributed by atoms with van der Waals surface area (Å²) in [5.41, 5.74) is -0.227. The summed E-state index contributed by atoms with van der Waals surface area (Å²) in [6.45, 7) is 3.75. The van der Waals surface area contributed by atoms with E-state index in [1.807, 2.05) is 6.08 Å². The number of halogens is 4. The van der Waals surface area contributed by atoms with Crippen molar-refractivity contribution in [1.82, 2.24) is 0 Å². The number of alkyl halides is 2. The molecule has 0 radical (unpaired) electrons. The molecule has 2 nitrogen and oxygen atoms in total. The average molecular weight is 431 g/mol. The topological polar surface area (TPSA) is 33.0 Å². The van der Waals surface area contributed by atoms with Crippen LogP contribution < -0.4 is 4.74 Å². The monoisotopic (exact) mass is 431 g/mol. The summed E-state index contributed by atoms with van der Waals surface area (Å²) in [5, 5.41) is 8.67. The van der Waals surface area contributed by atoms with Gasteiger partial charge in [0.05, 0.1) is 5.56 Å². The van der Waals surface area contributed by atoms with Gasteiger partial charge >= 0.3 is 6.11 Å². The van der Waals surface area contributed by atoms with Crippen molar-refractivity contribution in [2.75, 3.05) is 0 Å². The molecule has 0 atom stereocenters. The SMILES string of the molecule is C=CCCC[C@H]1CC[C@H](c2ccc(C(F)(F)Oc3cc(F)c(C#N)c(F)c3)cc2)CC1. The maximum absolute atomic E-state index is 14.5. The van der Waals surface area contributed by atoms with Crippen molar-refractivity contribution in [3.63, 3.8) is 0 Å². The molecule has 0 bridgehead atoms. The third kappa shape index (κ3) is 5.66. The fourth-order valence-electron chi connectivity index (χ4n) is 4.21. The quantitative estimate of drug-likeness (QED) is 0.245. The summed E-state index contributed by atoms with van der Waals surface area (Å²) >= 11 is 0. The van der Waals surface area contributed by atoms with Crippen molar-refractivity contribution in [1.29, 1.82) is 5.26 Å². The minimum Gasteiger partial charge on any atom is -0.429 e. The van der Waals surface area contributed by atoms with Crippen molar-refractivity contribution in [2.45, 2.75) is 57.0 Å². The zero-order valence-corrected chi connectivity index (χ0v) is 17.2. The van der Waals surface area contributed by atoms with Gasteiger partial charge in [-0.05, 0) is 68.1 Å². The van der Waals surface area contributed by atoms with Crippen LogP contribution in [0.15, 0.2) is 49.1 Å². The second-order valence-electron chi connectivity index (χ2n) is 8.05. The number of nitrogens with zero attached hydrogens (tertiary/aromatic N) is 1. The molecule has 0 unspecified atom stereocenters. The molecule has 2 aromatic carbocycles. The molecule has 0 spiro atoms. The van der Waals surface area contributed by atoms with E-state index in [2.05, 4.69) is 11.3 Å². The maximum Gasteiger partial charge on any atom is 0.426 e. The molecule has 0 heterocycles. The Balaban J connectivity index is 1.63. The first-order valence-electron chi connectivity index (χ1n) is 10.5. The van der Waals surface area contributed by atoms with E-state index in [9.17, 15) is 17.6 Å². The summed E-state index contributed by atoms with van der Waals surface area (Å²) in [4.78, 5) is 0. The molecule has 164 valence electrons. The second-order valence-corrected chi connectivity index (χ2v) is 8.05. The van der Waals surface area contributed by atoms with E-state index in [1.165, 1.54) is 24.6 Å².